The smallest absolute Gasteiger partial charge is 0.0379 e. The number of nitrogens with two attached hydrogens (primary N) is 2. The van der Waals surface area contributed by atoms with Gasteiger partial charge < -0.3 is 11.5 Å². The Bertz CT molecular complexity index is 293. The standard InChI is InChI=1S/C10H16N2S/c1-6-8(4-11)3-9(5-13)7(2)10(6)12/h3,13H,4-5,11-12H2,1-2H3. The van der Waals surface area contributed by atoms with E-state index < -0.39 is 0 Å². The highest BCUT2D eigenvalue weighted by Gasteiger charge is 2.07. The SMILES string of the molecule is Cc1c(CN)cc(CS)c(C)c1N. The highest BCUT2D eigenvalue weighted by atomic mass is 32.1. The topological polar surface area (TPSA) is 52.0 Å². The maximum absolute atomic E-state index is 5.95. The zero-order valence-electron chi connectivity index (χ0n) is 8.09. The third-order valence-corrected chi connectivity index (χ3v) is 2.85. The van der Waals surface area contributed by atoms with E-state index in [1.807, 2.05) is 13.8 Å². The Balaban J connectivity index is 3.36. The van der Waals surface area contributed by atoms with Crippen molar-refractivity contribution in [3.8, 4) is 0 Å². The first kappa shape index (κ1) is 10.4. The average molecular weight is 196 g/mol. The van der Waals surface area contributed by atoms with Crippen LogP contribution in [-0.2, 0) is 12.3 Å². The van der Waals surface area contributed by atoms with E-state index in [-0.39, 0.29) is 0 Å². The Labute approximate surface area is 84.7 Å². The molecule has 2 nitrogen and oxygen atoms in total. The summed E-state index contributed by atoms with van der Waals surface area (Å²) in [6.07, 6.45) is 0. The lowest BCUT2D eigenvalue weighted by Gasteiger charge is -2.13. The van der Waals surface area contributed by atoms with Crippen molar-refractivity contribution >= 4 is 18.3 Å². The highest BCUT2D eigenvalue weighted by Crippen LogP contribution is 2.25. The van der Waals surface area contributed by atoms with Crippen molar-refractivity contribution < 1.29 is 0 Å². The summed E-state index contributed by atoms with van der Waals surface area (Å²) < 4.78 is 0. The first-order chi connectivity index (χ1) is 6.11. The minimum atomic E-state index is 0.539. The normalized spacial score (nSPS) is 10.5. The van der Waals surface area contributed by atoms with Crippen LogP contribution in [0.3, 0.4) is 0 Å². The van der Waals surface area contributed by atoms with Gasteiger partial charge in [0.15, 0.2) is 0 Å². The summed E-state index contributed by atoms with van der Waals surface area (Å²) in [5.74, 6) is 0.712. The molecular weight excluding hydrogens is 180 g/mol. The van der Waals surface area contributed by atoms with Gasteiger partial charge in [-0.05, 0) is 36.1 Å². The van der Waals surface area contributed by atoms with E-state index in [2.05, 4.69) is 18.7 Å². The molecule has 0 saturated carbocycles. The van der Waals surface area contributed by atoms with E-state index in [1.165, 1.54) is 5.56 Å². The summed E-state index contributed by atoms with van der Waals surface area (Å²) in [4.78, 5) is 0. The van der Waals surface area contributed by atoms with E-state index in [0.29, 0.717) is 12.3 Å². The summed E-state index contributed by atoms with van der Waals surface area (Å²) in [5, 5.41) is 0. The lowest BCUT2D eigenvalue weighted by Crippen LogP contribution is -2.05. The minimum absolute atomic E-state index is 0.539. The molecular formula is C10H16N2S. The van der Waals surface area contributed by atoms with Crippen molar-refractivity contribution in [2.75, 3.05) is 5.73 Å². The zero-order valence-corrected chi connectivity index (χ0v) is 8.99. The number of hydrogen-bond acceptors (Lipinski definition) is 3. The second-order valence-corrected chi connectivity index (χ2v) is 3.54. The van der Waals surface area contributed by atoms with Crippen molar-refractivity contribution in [2.45, 2.75) is 26.1 Å². The molecule has 0 aliphatic carbocycles. The Morgan fingerprint density at radius 1 is 1.23 bits per heavy atom. The van der Waals surface area contributed by atoms with Crippen LogP contribution in [0.25, 0.3) is 0 Å². The van der Waals surface area contributed by atoms with Gasteiger partial charge in [-0.25, -0.2) is 0 Å². The second-order valence-electron chi connectivity index (χ2n) is 3.22. The Morgan fingerprint density at radius 2 is 1.77 bits per heavy atom. The van der Waals surface area contributed by atoms with Gasteiger partial charge >= 0.3 is 0 Å². The largest absolute Gasteiger partial charge is 0.398 e. The van der Waals surface area contributed by atoms with Crippen molar-refractivity contribution in [2.24, 2.45) is 5.73 Å². The number of nitrogen functional groups attached to an aromatic ring is 1. The van der Waals surface area contributed by atoms with Crippen LogP contribution in [0.5, 0.6) is 0 Å². The molecule has 0 amide bonds. The maximum atomic E-state index is 5.95. The van der Waals surface area contributed by atoms with Crippen molar-refractivity contribution in [3.05, 3.63) is 28.3 Å². The molecule has 13 heavy (non-hydrogen) atoms. The third kappa shape index (κ3) is 1.81. The third-order valence-electron chi connectivity index (χ3n) is 2.51. The monoisotopic (exact) mass is 196 g/mol. The molecule has 0 aliphatic heterocycles. The van der Waals surface area contributed by atoms with Crippen LogP contribution in [-0.4, -0.2) is 0 Å². The van der Waals surface area contributed by atoms with Gasteiger partial charge in [-0.2, -0.15) is 12.6 Å². The first-order valence-electron chi connectivity index (χ1n) is 4.30. The fourth-order valence-corrected chi connectivity index (χ4v) is 1.76. The van der Waals surface area contributed by atoms with Gasteiger partial charge in [0, 0.05) is 18.0 Å². The number of anilines is 1. The van der Waals surface area contributed by atoms with Crippen LogP contribution in [0.2, 0.25) is 0 Å². The number of hydrogen-bond donors (Lipinski definition) is 3. The van der Waals surface area contributed by atoms with Gasteiger partial charge in [-0.3, -0.25) is 0 Å². The van der Waals surface area contributed by atoms with Gasteiger partial charge in [0.2, 0.25) is 0 Å². The van der Waals surface area contributed by atoms with Gasteiger partial charge in [0.1, 0.15) is 0 Å². The van der Waals surface area contributed by atoms with Gasteiger partial charge in [-0.1, -0.05) is 6.07 Å². The second kappa shape index (κ2) is 4.03. The van der Waals surface area contributed by atoms with Crippen molar-refractivity contribution in [3.63, 3.8) is 0 Å². The average Bonchev–Trinajstić information content (AvgIpc) is 2.15. The molecule has 0 unspecified atom stereocenters. The summed E-state index contributed by atoms with van der Waals surface area (Å²) in [7, 11) is 0. The molecule has 4 N–H and O–H groups in total. The summed E-state index contributed by atoms with van der Waals surface area (Å²) in [6, 6.07) is 2.09. The van der Waals surface area contributed by atoms with Crippen LogP contribution < -0.4 is 11.5 Å². The number of thiol groups is 1. The van der Waals surface area contributed by atoms with Gasteiger partial charge in [-0.15, -0.1) is 0 Å². The fourth-order valence-electron chi connectivity index (χ4n) is 1.43. The molecule has 3 heteroatoms. The van der Waals surface area contributed by atoms with Crippen molar-refractivity contribution in [1.82, 2.24) is 0 Å². The van der Waals surface area contributed by atoms with Crippen LogP contribution in [0.15, 0.2) is 6.07 Å². The van der Waals surface area contributed by atoms with E-state index in [0.717, 1.165) is 22.4 Å². The quantitative estimate of drug-likeness (QED) is 0.499. The molecule has 0 spiro atoms. The molecule has 0 heterocycles. The van der Waals surface area contributed by atoms with Gasteiger partial charge in [0.05, 0.1) is 0 Å². The zero-order chi connectivity index (χ0) is 10.0. The van der Waals surface area contributed by atoms with Crippen LogP contribution in [0.1, 0.15) is 22.3 Å². The number of benzene rings is 1. The predicted molar refractivity (Wildman–Crippen MR) is 60.9 cm³/mol. The van der Waals surface area contributed by atoms with Crippen LogP contribution in [0, 0.1) is 13.8 Å². The lowest BCUT2D eigenvalue weighted by molar-refractivity contribution is 1.04. The Hall–Kier alpha value is -0.670. The predicted octanol–water partition coefficient (Wildman–Crippen LogP) is 1.77. The van der Waals surface area contributed by atoms with E-state index >= 15 is 0 Å². The first-order valence-corrected chi connectivity index (χ1v) is 4.93. The molecule has 0 aromatic heterocycles. The summed E-state index contributed by atoms with van der Waals surface area (Å²) in [5.41, 5.74) is 16.9. The molecule has 0 radical (unpaired) electrons. The van der Waals surface area contributed by atoms with Crippen molar-refractivity contribution in [1.29, 1.82) is 0 Å². The summed E-state index contributed by atoms with van der Waals surface area (Å²) >= 11 is 4.25. The number of rotatable bonds is 2. The van der Waals surface area contributed by atoms with E-state index in [9.17, 15) is 0 Å². The molecule has 1 aromatic carbocycles. The Morgan fingerprint density at radius 3 is 2.23 bits per heavy atom. The lowest BCUT2D eigenvalue weighted by atomic mass is 9.98. The molecule has 1 aromatic rings. The van der Waals surface area contributed by atoms with E-state index in [4.69, 9.17) is 11.5 Å². The molecule has 0 bridgehead atoms. The van der Waals surface area contributed by atoms with Gasteiger partial charge in [0.25, 0.3) is 0 Å². The Kier molecular flexibility index (Phi) is 3.22. The molecule has 0 fully saturated rings. The maximum Gasteiger partial charge on any atom is 0.0379 e. The fraction of sp³-hybridized carbons (Fsp3) is 0.400. The van der Waals surface area contributed by atoms with Crippen LogP contribution >= 0.6 is 12.6 Å². The molecule has 0 aliphatic rings. The van der Waals surface area contributed by atoms with Crippen LogP contribution in [0.4, 0.5) is 5.69 Å². The highest BCUT2D eigenvalue weighted by molar-refractivity contribution is 7.79. The minimum Gasteiger partial charge on any atom is -0.398 e. The summed E-state index contributed by atoms with van der Waals surface area (Å²) in [6.45, 7) is 4.57. The molecule has 1 rings (SSSR count). The molecule has 72 valence electrons. The molecule has 0 saturated heterocycles. The molecule has 0 atom stereocenters. The van der Waals surface area contributed by atoms with E-state index in [1.54, 1.807) is 0 Å².